The van der Waals surface area contributed by atoms with E-state index in [2.05, 4.69) is 76.2 Å². The van der Waals surface area contributed by atoms with Crippen LogP contribution in [0.4, 0.5) is 0 Å². The minimum Gasteiger partial charge on any atom is -0.351 e. The largest absolute Gasteiger partial charge is 0.351 e. The molecule has 30 heavy (non-hydrogen) atoms. The summed E-state index contributed by atoms with van der Waals surface area (Å²) in [6.07, 6.45) is 13.9. The van der Waals surface area contributed by atoms with Gasteiger partial charge in [0.05, 0.1) is 11.1 Å². The van der Waals surface area contributed by atoms with E-state index in [0.29, 0.717) is 6.04 Å². The molecule has 5 heteroatoms. The fourth-order valence-electron chi connectivity index (χ4n) is 6.28. The van der Waals surface area contributed by atoms with Gasteiger partial charge in [-0.1, -0.05) is 19.3 Å². The molecule has 0 amide bonds. The molecule has 2 saturated heterocycles. The first-order valence-electron chi connectivity index (χ1n) is 12.6. The summed E-state index contributed by atoms with van der Waals surface area (Å²) in [5.41, 5.74) is 4.17. The van der Waals surface area contributed by atoms with Crippen molar-refractivity contribution in [1.29, 1.82) is 0 Å². The van der Waals surface area contributed by atoms with Gasteiger partial charge in [0.2, 0.25) is 5.96 Å². The standard InChI is InChI=1S/C25H49N5/c1-22(2)16-12-17-23(3,4)29(22)27-21(26-20-14-10-9-11-15-20)28-30-24(5,6)18-13-19-25(30,7)8/h20H,9-19H2,1-8H3,(H2,26,27,28). The second-order valence-corrected chi connectivity index (χ2v) is 12.6. The summed E-state index contributed by atoms with van der Waals surface area (Å²) in [6.45, 7) is 18.9. The zero-order chi connectivity index (χ0) is 22.2. The molecule has 2 N–H and O–H groups in total. The van der Waals surface area contributed by atoms with E-state index in [1.165, 1.54) is 70.6 Å². The molecule has 1 aliphatic carbocycles. The molecule has 3 rings (SSSR count). The average Bonchev–Trinajstić information content (AvgIpc) is 2.61. The van der Waals surface area contributed by atoms with Crippen molar-refractivity contribution in [2.45, 2.75) is 154 Å². The lowest BCUT2D eigenvalue weighted by atomic mass is 9.81. The number of hydrazone groups is 1. The summed E-state index contributed by atoms with van der Waals surface area (Å²) in [5.74, 6) is 0.952. The number of hydrogen-bond acceptors (Lipinski definition) is 3. The maximum absolute atomic E-state index is 5.35. The van der Waals surface area contributed by atoms with E-state index in [9.17, 15) is 0 Å². The van der Waals surface area contributed by atoms with Crippen LogP contribution in [-0.4, -0.2) is 44.2 Å². The van der Waals surface area contributed by atoms with Gasteiger partial charge in [0.25, 0.3) is 0 Å². The van der Waals surface area contributed by atoms with Crippen LogP contribution in [0.2, 0.25) is 0 Å². The van der Waals surface area contributed by atoms with Gasteiger partial charge in [0, 0.05) is 17.1 Å². The topological polar surface area (TPSA) is 42.9 Å². The van der Waals surface area contributed by atoms with Gasteiger partial charge in [-0.15, -0.1) is 5.10 Å². The highest BCUT2D eigenvalue weighted by atomic mass is 15.6. The van der Waals surface area contributed by atoms with E-state index < -0.39 is 0 Å². The lowest BCUT2D eigenvalue weighted by molar-refractivity contribution is -0.0560. The highest BCUT2D eigenvalue weighted by Crippen LogP contribution is 2.39. The van der Waals surface area contributed by atoms with Crippen molar-refractivity contribution in [2.75, 3.05) is 0 Å². The molecule has 0 unspecified atom stereocenters. The van der Waals surface area contributed by atoms with Crippen LogP contribution in [0.1, 0.15) is 126 Å². The second-order valence-electron chi connectivity index (χ2n) is 12.6. The molecule has 3 fully saturated rings. The van der Waals surface area contributed by atoms with Crippen LogP contribution in [0, 0.1) is 0 Å². The third-order valence-corrected chi connectivity index (χ3v) is 7.88. The van der Waals surface area contributed by atoms with Gasteiger partial charge in [-0.05, 0) is 107 Å². The minimum atomic E-state index is 0.0653. The summed E-state index contributed by atoms with van der Waals surface area (Å²) in [7, 11) is 0. The predicted molar refractivity (Wildman–Crippen MR) is 128 cm³/mol. The summed E-state index contributed by atoms with van der Waals surface area (Å²) in [6, 6.07) is 0.525. The molecule has 0 aromatic heterocycles. The Bertz CT molecular complexity index is 581. The fraction of sp³-hybridized carbons (Fsp3) is 0.960. The van der Waals surface area contributed by atoms with E-state index in [0.717, 1.165) is 5.96 Å². The van der Waals surface area contributed by atoms with E-state index in [1.54, 1.807) is 0 Å². The first-order valence-corrected chi connectivity index (χ1v) is 12.6. The molecular formula is C25H49N5. The number of hydrazine groups is 1. The first kappa shape index (κ1) is 23.7. The number of nitrogens with zero attached hydrogens (tertiary/aromatic N) is 3. The maximum atomic E-state index is 5.35. The van der Waals surface area contributed by atoms with Crippen molar-refractivity contribution in [2.24, 2.45) is 5.10 Å². The lowest BCUT2D eigenvalue weighted by Gasteiger charge is -2.54. The Balaban J connectivity index is 1.92. The van der Waals surface area contributed by atoms with Gasteiger partial charge in [-0.25, -0.2) is 5.01 Å². The molecule has 5 nitrogen and oxygen atoms in total. The van der Waals surface area contributed by atoms with Gasteiger partial charge < -0.3 is 5.32 Å². The Morgan fingerprint density at radius 1 is 0.667 bits per heavy atom. The molecule has 0 radical (unpaired) electrons. The third kappa shape index (κ3) is 5.26. The Hall–Kier alpha value is -0.970. The van der Waals surface area contributed by atoms with E-state index in [-0.39, 0.29) is 22.2 Å². The van der Waals surface area contributed by atoms with E-state index in [4.69, 9.17) is 5.10 Å². The maximum Gasteiger partial charge on any atom is 0.228 e. The zero-order valence-electron chi connectivity index (χ0n) is 21.2. The number of rotatable bonds is 3. The van der Waals surface area contributed by atoms with E-state index >= 15 is 0 Å². The zero-order valence-corrected chi connectivity index (χ0v) is 21.2. The van der Waals surface area contributed by atoms with Crippen molar-refractivity contribution < 1.29 is 0 Å². The normalized spacial score (nSPS) is 29.5. The monoisotopic (exact) mass is 419 g/mol. The molecule has 174 valence electrons. The van der Waals surface area contributed by atoms with Crippen molar-refractivity contribution in [1.82, 2.24) is 20.8 Å². The molecule has 2 heterocycles. The van der Waals surface area contributed by atoms with Gasteiger partial charge in [0.1, 0.15) is 0 Å². The molecule has 3 aliphatic rings. The van der Waals surface area contributed by atoms with Crippen molar-refractivity contribution >= 4 is 5.96 Å². The van der Waals surface area contributed by atoms with Crippen LogP contribution in [-0.2, 0) is 0 Å². The van der Waals surface area contributed by atoms with Crippen LogP contribution >= 0.6 is 0 Å². The number of guanidine groups is 1. The molecule has 0 aromatic rings. The Morgan fingerprint density at radius 2 is 1.13 bits per heavy atom. The number of hydrogen-bond donors (Lipinski definition) is 2. The van der Waals surface area contributed by atoms with Crippen molar-refractivity contribution in [3.63, 3.8) is 0 Å². The van der Waals surface area contributed by atoms with Crippen LogP contribution in [0.5, 0.6) is 0 Å². The summed E-state index contributed by atoms with van der Waals surface area (Å²) in [5, 5.41) is 14.1. The average molecular weight is 420 g/mol. The molecule has 0 spiro atoms. The van der Waals surface area contributed by atoms with E-state index in [1.807, 2.05) is 0 Å². The Morgan fingerprint density at radius 3 is 1.63 bits per heavy atom. The SMILES string of the molecule is CC1(C)CCCC(C)(C)N1N=C(NC1CCCCC1)NN1C(C)(C)CCCC1(C)C. The first-order chi connectivity index (χ1) is 13.8. The molecule has 0 atom stereocenters. The summed E-state index contributed by atoms with van der Waals surface area (Å²) in [4.78, 5) is 0. The summed E-state index contributed by atoms with van der Waals surface area (Å²) >= 11 is 0. The van der Waals surface area contributed by atoms with Crippen molar-refractivity contribution in [3.05, 3.63) is 0 Å². The van der Waals surface area contributed by atoms with Gasteiger partial charge in [-0.3, -0.25) is 10.4 Å². The lowest BCUT2D eigenvalue weighted by Crippen LogP contribution is -2.68. The molecule has 0 bridgehead atoms. The van der Waals surface area contributed by atoms with Crippen LogP contribution in [0.3, 0.4) is 0 Å². The Labute approximate surface area is 186 Å². The quantitative estimate of drug-likeness (QED) is 0.450. The Kier molecular flexibility index (Phi) is 6.73. The predicted octanol–water partition coefficient (Wildman–Crippen LogP) is 5.77. The summed E-state index contributed by atoms with van der Waals surface area (Å²) < 4.78 is 0. The van der Waals surface area contributed by atoms with Gasteiger partial charge in [-0.2, -0.15) is 0 Å². The number of piperidine rings is 2. The number of nitrogens with one attached hydrogen (secondary N) is 2. The van der Waals surface area contributed by atoms with Crippen molar-refractivity contribution in [3.8, 4) is 0 Å². The van der Waals surface area contributed by atoms with Crippen LogP contribution in [0.15, 0.2) is 5.10 Å². The molecule has 2 aliphatic heterocycles. The van der Waals surface area contributed by atoms with Gasteiger partial charge >= 0.3 is 0 Å². The fourth-order valence-corrected chi connectivity index (χ4v) is 6.28. The van der Waals surface area contributed by atoms with Crippen LogP contribution in [0.25, 0.3) is 0 Å². The molecule has 0 aromatic carbocycles. The molecule has 1 saturated carbocycles. The van der Waals surface area contributed by atoms with Crippen LogP contribution < -0.4 is 10.7 Å². The smallest absolute Gasteiger partial charge is 0.228 e. The highest BCUT2D eigenvalue weighted by Gasteiger charge is 2.44. The highest BCUT2D eigenvalue weighted by molar-refractivity contribution is 5.79. The molecular weight excluding hydrogens is 370 g/mol. The second kappa shape index (κ2) is 8.52. The van der Waals surface area contributed by atoms with Gasteiger partial charge in [0.15, 0.2) is 0 Å². The minimum absolute atomic E-state index is 0.0653. The third-order valence-electron chi connectivity index (χ3n) is 7.88.